The Bertz CT molecular complexity index is 958. The zero-order valence-electron chi connectivity index (χ0n) is 18.2. The Morgan fingerprint density at radius 3 is 1.91 bits per heavy atom. The van der Waals surface area contributed by atoms with E-state index in [1.54, 1.807) is 13.8 Å². The SMILES string of the molecule is CC(C)C(NC(=O)OCC1c2ccccc2-c2ccccc21)C(=O)NC(C(=O)O)C(C)O. The van der Waals surface area contributed by atoms with E-state index in [4.69, 9.17) is 4.74 Å². The second-order valence-corrected chi connectivity index (χ2v) is 8.26. The third-order valence-electron chi connectivity index (χ3n) is 5.61. The normalized spacial score (nSPS) is 15.3. The smallest absolute Gasteiger partial charge is 0.407 e. The standard InChI is InChI=1S/C24H28N2O6/c1-13(2)20(22(28)25-21(14(3)27)23(29)30)26-24(31)32-12-19-17-10-6-4-8-15(17)16-9-5-7-11-18(16)19/h4-11,13-14,19-21,27H,12H2,1-3H3,(H,25,28)(H,26,31)(H,29,30). The number of benzene rings is 2. The predicted molar refractivity (Wildman–Crippen MR) is 118 cm³/mol. The number of fused-ring (bicyclic) bond motifs is 3. The summed E-state index contributed by atoms with van der Waals surface area (Å²) in [6.07, 6.45) is -2.07. The molecule has 4 N–H and O–H groups in total. The van der Waals surface area contributed by atoms with Gasteiger partial charge in [-0.1, -0.05) is 62.4 Å². The van der Waals surface area contributed by atoms with Gasteiger partial charge in [0, 0.05) is 5.92 Å². The van der Waals surface area contributed by atoms with Gasteiger partial charge in [-0.05, 0) is 35.1 Å². The number of carbonyl (C=O) groups excluding carboxylic acids is 2. The van der Waals surface area contributed by atoms with Crippen LogP contribution in [0.25, 0.3) is 11.1 Å². The molecule has 0 saturated carbocycles. The van der Waals surface area contributed by atoms with Crippen molar-refractivity contribution in [2.75, 3.05) is 6.61 Å². The van der Waals surface area contributed by atoms with Gasteiger partial charge in [-0.2, -0.15) is 0 Å². The molecule has 1 aliphatic rings. The molecule has 0 heterocycles. The number of ether oxygens (including phenoxy) is 1. The number of rotatable bonds is 8. The van der Waals surface area contributed by atoms with Gasteiger partial charge in [-0.3, -0.25) is 4.79 Å². The number of carboxylic acids is 1. The topological polar surface area (TPSA) is 125 Å². The fourth-order valence-corrected chi connectivity index (χ4v) is 3.93. The highest BCUT2D eigenvalue weighted by molar-refractivity contribution is 5.89. The Labute approximate surface area is 186 Å². The molecule has 0 radical (unpaired) electrons. The van der Waals surface area contributed by atoms with E-state index in [0.717, 1.165) is 22.3 Å². The number of aliphatic hydroxyl groups is 1. The first-order valence-electron chi connectivity index (χ1n) is 10.5. The lowest BCUT2D eigenvalue weighted by molar-refractivity contribution is -0.145. The number of hydrogen-bond donors (Lipinski definition) is 4. The Hall–Kier alpha value is -3.39. The monoisotopic (exact) mass is 440 g/mol. The van der Waals surface area contributed by atoms with Gasteiger partial charge in [0.15, 0.2) is 6.04 Å². The molecule has 1 aliphatic carbocycles. The number of aliphatic hydroxyl groups excluding tert-OH is 1. The molecule has 0 fully saturated rings. The first-order valence-corrected chi connectivity index (χ1v) is 10.5. The van der Waals surface area contributed by atoms with Crippen molar-refractivity contribution in [3.8, 4) is 11.1 Å². The largest absolute Gasteiger partial charge is 0.480 e. The lowest BCUT2D eigenvalue weighted by Gasteiger charge is -2.25. The van der Waals surface area contributed by atoms with Gasteiger partial charge in [-0.25, -0.2) is 9.59 Å². The molecule has 0 aliphatic heterocycles. The number of carboxylic acid groups (broad SMARTS) is 1. The van der Waals surface area contributed by atoms with Crippen molar-refractivity contribution < 1.29 is 29.3 Å². The van der Waals surface area contributed by atoms with E-state index in [0.29, 0.717) is 0 Å². The summed E-state index contributed by atoms with van der Waals surface area (Å²) in [6.45, 7) is 4.79. The number of aliphatic carboxylic acids is 1. The van der Waals surface area contributed by atoms with Crippen LogP contribution in [0.2, 0.25) is 0 Å². The van der Waals surface area contributed by atoms with E-state index < -0.39 is 36.2 Å². The number of carbonyl (C=O) groups is 3. The molecule has 32 heavy (non-hydrogen) atoms. The zero-order valence-corrected chi connectivity index (χ0v) is 18.2. The van der Waals surface area contributed by atoms with Gasteiger partial charge in [0.25, 0.3) is 0 Å². The number of nitrogens with one attached hydrogen (secondary N) is 2. The summed E-state index contributed by atoms with van der Waals surface area (Å²) in [6, 6.07) is 13.4. The summed E-state index contributed by atoms with van der Waals surface area (Å²) >= 11 is 0. The summed E-state index contributed by atoms with van der Waals surface area (Å²) in [5.74, 6) is -2.52. The highest BCUT2D eigenvalue weighted by atomic mass is 16.5. The van der Waals surface area contributed by atoms with Crippen LogP contribution in [-0.4, -0.2) is 53.0 Å². The molecule has 3 atom stereocenters. The van der Waals surface area contributed by atoms with Crippen LogP contribution in [0.3, 0.4) is 0 Å². The van der Waals surface area contributed by atoms with Crippen LogP contribution in [0.1, 0.15) is 37.8 Å². The maximum Gasteiger partial charge on any atom is 0.407 e. The molecular formula is C24H28N2O6. The Morgan fingerprint density at radius 1 is 0.906 bits per heavy atom. The zero-order chi connectivity index (χ0) is 23.4. The van der Waals surface area contributed by atoms with E-state index in [1.807, 2.05) is 48.5 Å². The number of alkyl carbamates (subject to hydrolysis) is 1. The molecule has 170 valence electrons. The molecule has 0 saturated heterocycles. The minimum absolute atomic E-state index is 0.0950. The number of amides is 2. The molecule has 2 amide bonds. The highest BCUT2D eigenvalue weighted by Gasteiger charge is 2.32. The predicted octanol–water partition coefficient (Wildman–Crippen LogP) is 2.50. The summed E-state index contributed by atoms with van der Waals surface area (Å²) in [5, 5.41) is 23.6. The third-order valence-corrected chi connectivity index (χ3v) is 5.61. The second-order valence-electron chi connectivity index (χ2n) is 8.26. The maximum absolute atomic E-state index is 12.6. The molecule has 3 unspecified atom stereocenters. The summed E-state index contributed by atoms with van der Waals surface area (Å²) < 4.78 is 5.47. The van der Waals surface area contributed by atoms with Gasteiger partial charge in [-0.15, -0.1) is 0 Å². The number of hydrogen-bond acceptors (Lipinski definition) is 5. The van der Waals surface area contributed by atoms with E-state index >= 15 is 0 Å². The van der Waals surface area contributed by atoms with Crippen molar-refractivity contribution in [2.45, 2.75) is 44.9 Å². The van der Waals surface area contributed by atoms with Crippen LogP contribution in [0.15, 0.2) is 48.5 Å². The molecule has 8 heteroatoms. The van der Waals surface area contributed by atoms with Crippen molar-refractivity contribution in [1.82, 2.24) is 10.6 Å². The molecule has 3 rings (SSSR count). The summed E-state index contributed by atoms with van der Waals surface area (Å²) in [7, 11) is 0. The fourth-order valence-electron chi connectivity index (χ4n) is 3.93. The molecule has 0 bridgehead atoms. The molecule has 0 aromatic heterocycles. The van der Waals surface area contributed by atoms with Crippen LogP contribution >= 0.6 is 0 Å². The van der Waals surface area contributed by atoms with Crippen LogP contribution < -0.4 is 10.6 Å². The lowest BCUT2D eigenvalue weighted by Crippen LogP contribution is -2.56. The Kier molecular flexibility index (Phi) is 7.15. The van der Waals surface area contributed by atoms with Crippen LogP contribution in [0.5, 0.6) is 0 Å². The summed E-state index contributed by atoms with van der Waals surface area (Å²) in [4.78, 5) is 36.3. The van der Waals surface area contributed by atoms with Crippen LogP contribution in [0, 0.1) is 5.92 Å². The van der Waals surface area contributed by atoms with E-state index in [9.17, 15) is 24.6 Å². The second kappa shape index (κ2) is 9.82. The Balaban J connectivity index is 1.67. The first-order chi connectivity index (χ1) is 15.2. The average Bonchev–Trinajstić information content (AvgIpc) is 3.07. The highest BCUT2D eigenvalue weighted by Crippen LogP contribution is 2.44. The third kappa shape index (κ3) is 4.91. The molecule has 0 spiro atoms. The van der Waals surface area contributed by atoms with Gasteiger partial charge in [0.2, 0.25) is 5.91 Å². The molecule has 2 aromatic carbocycles. The fraction of sp³-hybridized carbons (Fsp3) is 0.375. The van der Waals surface area contributed by atoms with Crippen molar-refractivity contribution in [2.24, 2.45) is 5.92 Å². The van der Waals surface area contributed by atoms with Crippen molar-refractivity contribution >= 4 is 18.0 Å². The van der Waals surface area contributed by atoms with Gasteiger partial charge in [0.1, 0.15) is 12.6 Å². The molecule has 2 aromatic rings. The lowest BCUT2D eigenvalue weighted by atomic mass is 9.98. The average molecular weight is 440 g/mol. The van der Waals surface area contributed by atoms with E-state index in [1.165, 1.54) is 6.92 Å². The molecular weight excluding hydrogens is 412 g/mol. The molecule has 8 nitrogen and oxygen atoms in total. The minimum atomic E-state index is -1.48. The van der Waals surface area contributed by atoms with Crippen LogP contribution in [0.4, 0.5) is 4.79 Å². The minimum Gasteiger partial charge on any atom is -0.480 e. The quantitative estimate of drug-likeness (QED) is 0.500. The van der Waals surface area contributed by atoms with Crippen molar-refractivity contribution in [3.05, 3.63) is 59.7 Å². The van der Waals surface area contributed by atoms with Gasteiger partial charge < -0.3 is 25.6 Å². The van der Waals surface area contributed by atoms with Crippen LogP contribution in [-0.2, 0) is 14.3 Å². The summed E-state index contributed by atoms with van der Waals surface area (Å²) in [5.41, 5.74) is 4.35. The van der Waals surface area contributed by atoms with E-state index in [2.05, 4.69) is 10.6 Å². The van der Waals surface area contributed by atoms with Gasteiger partial charge in [0.05, 0.1) is 6.10 Å². The first kappa shape index (κ1) is 23.3. The maximum atomic E-state index is 12.6. The van der Waals surface area contributed by atoms with Gasteiger partial charge >= 0.3 is 12.1 Å². The van der Waals surface area contributed by atoms with Crippen molar-refractivity contribution in [1.29, 1.82) is 0 Å². The van der Waals surface area contributed by atoms with Crippen molar-refractivity contribution in [3.63, 3.8) is 0 Å². The van der Waals surface area contributed by atoms with E-state index in [-0.39, 0.29) is 18.4 Å². The Morgan fingerprint density at radius 2 is 1.44 bits per heavy atom.